The van der Waals surface area contributed by atoms with Crippen molar-refractivity contribution in [1.29, 1.82) is 0 Å². The molecule has 142 valence electrons. The number of benzene rings is 1. The van der Waals surface area contributed by atoms with Gasteiger partial charge in [-0.2, -0.15) is 0 Å². The summed E-state index contributed by atoms with van der Waals surface area (Å²) in [5.74, 6) is 0.312. The van der Waals surface area contributed by atoms with Crippen molar-refractivity contribution in [3.8, 4) is 5.75 Å². The molecule has 0 aliphatic heterocycles. The predicted octanol–water partition coefficient (Wildman–Crippen LogP) is 7.43. The number of ketones is 1. The fourth-order valence-corrected chi connectivity index (χ4v) is 3.69. The van der Waals surface area contributed by atoms with Crippen LogP contribution in [-0.4, -0.2) is 15.7 Å². The van der Waals surface area contributed by atoms with Crippen LogP contribution in [0.25, 0.3) is 0 Å². The smallest absolute Gasteiger partial charge is 0.176 e. The summed E-state index contributed by atoms with van der Waals surface area (Å²) in [4.78, 5) is 12.1. The van der Waals surface area contributed by atoms with E-state index in [4.69, 9.17) is 0 Å². The van der Waals surface area contributed by atoms with E-state index in [-0.39, 0.29) is 16.4 Å². The van der Waals surface area contributed by atoms with Gasteiger partial charge in [0.15, 0.2) is 5.78 Å². The number of carbonyl (C=O) groups excluding carboxylic acids is 1. The summed E-state index contributed by atoms with van der Waals surface area (Å²) in [7, 11) is 0. The Labute approximate surface area is 162 Å². The van der Waals surface area contributed by atoms with Gasteiger partial charge in [-0.15, -0.1) is 0 Å². The van der Waals surface area contributed by atoms with Crippen LogP contribution in [0.5, 0.6) is 5.75 Å². The van der Waals surface area contributed by atoms with Gasteiger partial charge in [-0.25, -0.2) is 0 Å². The van der Waals surface area contributed by atoms with Crippen molar-refractivity contribution in [2.45, 2.75) is 95.2 Å². The van der Waals surface area contributed by atoms with Crippen LogP contribution in [0.1, 0.15) is 101 Å². The van der Waals surface area contributed by atoms with Crippen LogP contribution in [0, 0.1) is 0 Å². The van der Waals surface area contributed by atoms with Crippen LogP contribution < -0.4 is 0 Å². The molecule has 1 N–H and O–H groups in total. The molecule has 1 rings (SSSR count). The maximum absolute atomic E-state index is 12.3. The molecule has 0 saturated heterocycles. The minimum Gasteiger partial charge on any atom is -0.508 e. The van der Waals surface area contributed by atoms with Gasteiger partial charge in [0.2, 0.25) is 0 Å². The van der Waals surface area contributed by atoms with Crippen LogP contribution >= 0.6 is 15.9 Å². The lowest BCUT2D eigenvalue weighted by Gasteiger charge is -2.09. The molecule has 1 unspecified atom stereocenters. The van der Waals surface area contributed by atoms with E-state index in [1.165, 1.54) is 70.6 Å². The van der Waals surface area contributed by atoms with Gasteiger partial charge >= 0.3 is 0 Å². The Morgan fingerprint density at radius 1 is 0.840 bits per heavy atom. The van der Waals surface area contributed by atoms with E-state index in [1.54, 1.807) is 24.3 Å². The monoisotopic (exact) mass is 410 g/mol. The number of aromatic hydroxyl groups is 1. The van der Waals surface area contributed by atoms with E-state index >= 15 is 0 Å². The van der Waals surface area contributed by atoms with E-state index < -0.39 is 0 Å². The highest BCUT2D eigenvalue weighted by Gasteiger charge is 2.16. The molecule has 2 nitrogen and oxygen atoms in total. The van der Waals surface area contributed by atoms with Crippen molar-refractivity contribution in [3.63, 3.8) is 0 Å². The van der Waals surface area contributed by atoms with Crippen molar-refractivity contribution in [2.75, 3.05) is 0 Å². The Hall–Kier alpha value is -0.830. The first-order valence-corrected chi connectivity index (χ1v) is 11.0. The summed E-state index contributed by atoms with van der Waals surface area (Å²) < 4.78 is 0. The number of halogens is 1. The number of phenolic OH excluding ortho intramolecular Hbond substituents is 1. The highest BCUT2D eigenvalue weighted by atomic mass is 79.9. The van der Waals surface area contributed by atoms with Crippen molar-refractivity contribution >= 4 is 21.7 Å². The second-order valence-corrected chi connectivity index (χ2v) is 8.16. The average Bonchev–Trinajstić information content (AvgIpc) is 2.62. The van der Waals surface area contributed by atoms with Gasteiger partial charge in [0.1, 0.15) is 5.75 Å². The van der Waals surface area contributed by atoms with Gasteiger partial charge < -0.3 is 5.11 Å². The van der Waals surface area contributed by atoms with Crippen molar-refractivity contribution in [1.82, 2.24) is 0 Å². The molecule has 0 heterocycles. The quantitative estimate of drug-likeness (QED) is 0.185. The van der Waals surface area contributed by atoms with Crippen LogP contribution in [0.15, 0.2) is 24.3 Å². The second-order valence-electron chi connectivity index (χ2n) is 7.06. The molecular formula is C22H35BrO2. The number of phenols is 1. The second kappa shape index (κ2) is 14.4. The van der Waals surface area contributed by atoms with Gasteiger partial charge in [0.05, 0.1) is 4.83 Å². The molecule has 1 aromatic rings. The zero-order valence-electron chi connectivity index (χ0n) is 15.8. The normalized spacial score (nSPS) is 12.2. The molecule has 0 aliphatic rings. The molecule has 0 bridgehead atoms. The van der Waals surface area contributed by atoms with Crippen molar-refractivity contribution in [2.24, 2.45) is 0 Å². The van der Waals surface area contributed by atoms with Gasteiger partial charge in [0, 0.05) is 5.56 Å². The van der Waals surface area contributed by atoms with E-state index in [1.807, 2.05) is 0 Å². The third kappa shape index (κ3) is 10.7. The topological polar surface area (TPSA) is 37.3 Å². The maximum Gasteiger partial charge on any atom is 0.176 e. The molecule has 0 aliphatic carbocycles. The first-order valence-electron chi connectivity index (χ1n) is 10.1. The van der Waals surface area contributed by atoms with Crippen molar-refractivity contribution < 1.29 is 9.90 Å². The summed E-state index contributed by atoms with van der Waals surface area (Å²) in [6, 6.07) is 6.51. The van der Waals surface area contributed by atoms with Gasteiger partial charge in [-0.3, -0.25) is 4.79 Å². The van der Waals surface area contributed by atoms with Gasteiger partial charge in [-0.05, 0) is 30.7 Å². The van der Waals surface area contributed by atoms with E-state index in [2.05, 4.69) is 22.9 Å². The molecule has 0 aromatic heterocycles. The van der Waals surface area contributed by atoms with E-state index in [0.717, 1.165) is 12.8 Å². The Balaban J connectivity index is 1.97. The average molecular weight is 411 g/mol. The number of Topliss-reactive ketones (excluding diaryl/α,β-unsaturated/α-hetero) is 1. The molecule has 0 radical (unpaired) electrons. The standard InChI is InChI=1S/C22H35BrO2/c1-2-3-4-5-6-7-8-9-10-11-12-13-14-21(23)22(25)19-15-17-20(24)18-16-19/h15-18,21,24H,2-14H2,1H3. The number of hydrogen-bond acceptors (Lipinski definition) is 2. The number of alkyl halides is 1. The number of rotatable bonds is 15. The lowest BCUT2D eigenvalue weighted by atomic mass is 10.0. The van der Waals surface area contributed by atoms with Gasteiger partial charge in [0.25, 0.3) is 0 Å². The molecule has 1 atom stereocenters. The highest BCUT2D eigenvalue weighted by Crippen LogP contribution is 2.19. The summed E-state index contributed by atoms with van der Waals surface area (Å²) in [6.45, 7) is 2.26. The zero-order chi connectivity index (χ0) is 18.3. The lowest BCUT2D eigenvalue weighted by molar-refractivity contribution is 0.0988. The predicted molar refractivity (Wildman–Crippen MR) is 111 cm³/mol. The first kappa shape index (κ1) is 22.2. The molecule has 0 spiro atoms. The molecular weight excluding hydrogens is 376 g/mol. The summed E-state index contributed by atoms with van der Waals surface area (Å²) in [6.07, 6.45) is 16.9. The fraction of sp³-hybridized carbons (Fsp3) is 0.682. The van der Waals surface area contributed by atoms with Crippen LogP contribution in [0.4, 0.5) is 0 Å². The van der Waals surface area contributed by atoms with Crippen LogP contribution in [-0.2, 0) is 0 Å². The molecule has 0 fully saturated rings. The number of carbonyl (C=O) groups is 1. The number of unbranched alkanes of at least 4 members (excludes halogenated alkanes) is 11. The minimum absolute atomic E-state index is 0.111. The van der Waals surface area contributed by atoms with E-state index in [9.17, 15) is 9.90 Å². The summed E-state index contributed by atoms with van der Waals surface area (Å²) >= 11 is 3.52. The number of hydrogen-bond donors (Lipinski definition) is 1. The van der Waals surface area contributed by atoms with Gasteiger partial charge in [-0.1, -0.05) is 99.9 Å². The molecule has 0 amide bonds. The molecule has 1 aromatic carbocycles. The lowest BCUT2D eigenvalue weighted by Crippen LogP contribution is -2.13. The SMILES string of the molecule is CCCCCCCCCCCCCCC(Br)C(=O)c1ccc(O)cc1. The Kier molecular flexibility index (Phi) is 12.8. The van der Waals surface area contributed by atoms with Crippen LogP contribution in [0.3, 0.4) is 0 Å². The molecule has 3 heteroatoms. The Bertz CT molecular complexity index is 456. The molecule has 25 heavy (non-hydrogen) atoms. The summed E-state index contributed by atoms with van der Waals surface area (Å²) in [5.41, 5.74) is 0.665. The fourth-order valence-electron chi connectivity index (χ4n) is 3.10. The minimum atomic E-state index is -0.111. The largest absolute Gasteiger partial charge is 0.508 e. The summed E-state index contributed by atoms with van der Waals surface area (Å²) in [5, 5.41) is 9.28. The Morgan fingerprint density at radius 3 is 1.76 bits per heavy atom. The zero-order valence-corrected chi connectivity index (χ0v) is 17.4. The van der Waals surface area contributed by atoms with E-state index in [0.29, 0.717) is 5.56 Å². The third-order valence-corrected chi connectivity index (χ3v) is 5.62. The van der Waals surface area contributed by atoms with Crippen molar-refractivity contribution in [3.05, 3.63) is 29.8 Å². The third-order valence-electron chi connectivity index (χ3n) is 4.75. The highest BCUT2D eigenvalue weighted by molar-refractivity contribution is 9.10. The maximum atomic E-state index is 12.3. The first-order chi connectivity index (χ1) is 12.1. The van der Waals surface area contributed by atoms with Crippen LogP contribution in [0.2, 0.25) is 0 Å². The molecule has 0 saturated carbocycles. The Morgan fingerprint density at radius 2 is 1.28 bits per heavy atom.